The third kappa shape index (κ3) is 3.77. The molecule has 1 aromatic heterocycles. The predicted molar refractivity (Wildman–Crippen MR) is 116 cm³/mol. The first-order valence-corrected chi connectivity index (χ1v) is 9.68. The van der Waals surface area contributed by atoms with E-state index < -0.39 is 5.91 Å². The quantitative estimate of drug-likeness (QED) is 0.500. The molecule has 0 bridgehead atoms. The second kappa shape index (κ2) is 8.00. The smallest absolute Gasteiger partial charge is 0.254 e. The van der Waals surface area contributed by atoms with Gasteiger partial charge in [-0.15, -0.1) is 0 Å². The van der Waals surface area contributed by atoms with Crippen molar-refractivity contribution in [3.63, 3.8) is 0 Å². The van der Waals surface area contributed by atoms with Crippen LogP contribution in [0.2, 0.25) is 5.02 Å². The van der Waals surface area contributed by atoms with E-state index in [2.05, 4.69) is 25.9 Å². The fourth-order valence-electron chi connectivity index (χ4n) is 3.29. The summed E-state index contributed by atoms with van der Waals surface area (Å²) in [6, 6.07) is 10.8. The van der Waals surface area contributed by atoms with Crippen LogP contribution < -0.4 is 21.7 Å². The topological polar surface area (TPSA) is 122 Å². The summed E-state index contributed by atoms with van der Waals surface area (Å²) in [4.78, 5) is 32.7. The molecular weight excluding hydrogens is 404 g/mol. The van der Waals surface area contributed by atoms with Gasteiger partial charge in [0.2, 0.25) is 5.95 Å². The second-order valence-electron chi connectivity index (χ2n) is 6.82. The van der Waals surface area contributed by atoms with Crippen LogP contribution in [-0.2, 0) is 6.42 Å². The molecule has 30 heavy (non-hydrogen) atoms. The van der Waals surface area contributed by atoms with Crippen molar-refractivity contribution < 1.29 is 9.59 Å². The van der Waals surface area contributed by atoms with Gasteiger partial charge in [-0.3, -0.25) is 9.59 Å². The molecule has 3 aromatic rings. The maximum absolute atomic E-state index is 12.1. The van der Waals surface area contributed by atoms with Crippen molar-refractivity contribution in [2.45, 2.75) is 13.3 Å². The van der Waals surface area contributed by atoms with Crippen LogP contribution in [0, 0.1) is 6.92 Å². The van der Waals surface area contributed by atoms with Gasteiger partial charge in [-0.1, -0.05) is 23.7 Å². The highest BCUT2D eigenvalue weighted by Gasteiger charge is 2.21. The van der Waals surface area contributed by atoms with Crippen molar-refractivity contribution in [2.75, 3.05) is 17.2 Å². The molecule has 0 saturated heterocycles. The van der Waals surface area contributed by atoms with E-state index in [9.17, 15) is 9.59 Å². The van der Waals surface area contributed by atoms with Crippen LogP contribution in [0.3, 0.4) is 0 Å². The molecule has 0 unspecified atom stereocenters. The maximum atomic E-state index is 12.1. The second-order valence-corrected chi connectivity index (χ2v) is 7.23. The molecule has 2 aromatic carbocycles. The van der Waals surface area contributed by atoms with Crippen molar-refractivity contribution in [1.82, 2.24) is 15.3 Å². The largest absolute Gasteiger partial charge is 0.365 e. The average Bonchev–Trinajstić information content (AvgIpc) is 2.72. The Kier molecular flexibility index (Phi) is 5.24. The van der Waals surface area contributed by atoms with Crippen LogP contribution in [-0.4, -0.2) is 28.3 Å². The minimum Gasteiger partial charge on any atom is -0.365 e. The molecule has 8 nitrogen and oxygen atoms in total. The SMILES string of the molecule is Cc1c(Cl)cccc1Nc1ncc(C(N)=O)c(Nc2cccc3c2CCNC3=O)n1. The number of fused-ring (bicyclic) bond motifs is 1. The molecule has 0 radical (unpaired) electrons. The van der Waals surface area contributed by atoms with Crippen LogP contribution in [0.15, 0.2) is 42.6 Å². The molecule has 9 heteroatoms. The number of aromatic nitrogens is 2. The first-order chi connectivity index (χ1) is 14.4. The number of rotatable bonds is 5. The van der Waals surface area contributed by atoms with Gasteiger partial charge in [-0.2, -0.15) is 4.98 Å². The normalized spacial score (nSPS) is 12.7. The average molecular weight is 423 g/mol. The van der Waals surface area contributed by atoms with E-state index >= 15 is 0 Å². The lowest BCUT2D eigenvalue weighted by molar-refractivity contribution is 0.0944. The molecule has 4 rings (SSSR count). The summed E-state index contributed by atoms with van der Waals surface area (Å²) < 4.78 is 0. The number of nitrogens with zero attached hydrogens (tertiary/aromatic N) is 2. The van der Waals surface area contributed by atoms with E-state index in [4.69, 9.17) is 17.3 Å². The van der Waals surface area contributed by atoms with Gasteiger partial charge in [0.1, 0.15) is 11.4 Å². The Labute approximate surface area is 177 Å². The molecule has 5 N–H and O–H groups in total. The fraction of sp³-hybridized carbons (Fsp3) is 0.143. The standard InChI is InChI=1S/C21H19ClN6O2/c1-11-15(22)5-3-6-16(11)27-21-25-10-14(18(23)29)19(28-21)26-17-7-2-4-13-12(17)8-9-24-20(13)30/h2-7,10H,8-9H2,1H3,(H2,23,29)(H,24,30)(H2,25,26,27,28). The summed E-state index contributed by atoms with van der Waals surface area (Å²) in [5, 5.41) is 9.70. The number of nitrogens with two attached hydrogens (primary N) is 1. The summed E-state index contributed by atoms with van der Waals surface area (Å²) in [7, 11) is 0. The zero-order chi connectivity index (χ0) is 21.3. The van der Waals surface area contributed by atoms with Gasteiger partial charge in [-0.25, -0.2) is 4.98 Å². The number of primary amides is 1. The lowest BCUT2D eigenvalue weighted by Gasteiger charge is -2.21. The number of hydrogen-bond donors (Lipinski definition) is 4. The number of hydrogen-bond acceptors (Lipinski definition) is 6. The Morgan fingerprint density at radius 3 is 2.73 bits per heavy atom. The summed E-state index contributed by atoms with van der Waals surface area (Å²) in [5.41, 5.74) is 9.38. The fourth-order valence-corrected chi connectivity index (χ4v) is 3.47. The Balaban J connectivity index is 1.71. The summed E-state index contributed by atoms with van der Waals surface area (Å²) in [6.07, 6.45) is 2.02. The van der Waals surface area contributed by atoms with E-state index in [1.54, 1.807) is 18.2 Å². The molecule has 2 heterocycles. The van der Waals surface area contributed by atoms with Crippen molar-refractivity contribution in [1.29, 1.82) is 0 Å². The van der Waals surface area contributed by atoms with Crippen molar-refractivity contribution >= 4 is 46.6 Å². The minimum absolute atomic E-state index is 0.128. The number of nitrogens with one attached hydrogen (secondary N) is 3. The van der Waals surface area contributed by atoms with Crippen LogP contribution >= 0.6 is 11.6 Å². The van der Waals surface area contributed by atoms with Gasteiger partial charge in [0.15, 0.2) is 0 Å². The highest BCUT2D eigenvalue weighted by atomic mass is 35.5. The van der Waals surface area contributed by atoms with Crippen molar-refractivity contribution in [3.05, 3.63) is 69.9 Å². The predicted octanol–water partition coefficient (Wildman–Crippen LogP) is 3.31. The highest BCUT2D eigenvalue weighted by molar-refractivity contribution is 6.31. The molecule has 0 spiro atoms. The van der Waals surface area contributed by atoms with Gasteiger partial charge >= 0.3 is 0 Å². The van der Waals surface area contributed by atoms with Crippen LogP contribution in [0.4, 0.5) is 23.1 Å². The first kappa shape index (κ1) is 19.7. The molecule has 0 saturated carbocycles. The first-order valence-electron chi connectivity index (χ1n) is 9.30. The molecule has 0 fully saturated rings. The minimum atomic E-state index is -0.662. The number of benzene rings is 2. The maximum Gasteiger partial charge on any atom is 0.254 e. The van der Waals surface area contributed by atoms with E-state index in [0.29, 0.717) is 29.2 Å². The lowest BCUT2D eigenvalue weighted by Crippen LogP contribution is -2.32. The highest BCUT2D eigenvalue weighted by Crippen LogP contribution is 2.29. The molecule has 0 aliphatic carbocycles. The molecule has 1 aliphatic heterocycles. The summed E-state index contributed by atoms with van der Waals surface area (Å²) in [5.74, 6) is -0.267. The van der Waals surface area contributed by atoms with Crippen molar-refractivity contribution in [3.8, 4) is 0 Å². The Morgan fingerprint density at radius 2 is 1.93 bits per heavy atom. The summed E-state index contributed by atoms with van der Waals surface area (Å²) in [6.45, 7) is 2.42. The number of anilines is 4. The monoisotopic (exact) mass is 422 g/mol. The number of halogens is 1. The van der Waals surface area contributed by atoms with E-state index in [-0.39, 0.29) is 23.2 Å². The van der Waals surface area contributed by atoms with E-state index in [0.717, 1.165) is 16.8 Å². The lowest BCUT2D eigenvalue weighted by atomic mass is 9.98. The van der Waals surface area contributed by atoms with Gasteiger partial charge in [-0.05, 0) is 48.7 Å². The van der Waals surface area contributed by atoms with Crippen LogP contribution in [0.1, 0.15) is 31.8 Å². The molecular formula is C21H19ClN6O2. The van der Waals surface area contributed by atoms with E-state index in [1.807, 2.05) is 25.1 Å². The van der Waals surface area contributed by atoms with Gasteiger partial charge in [0, 0.05) is 34.7 Å². The molecule has 2 amide bonds. The van der Waals surface area contributed by atoms with E-state index in [1.165, 1.54) is 6.20 Å². The molecule has 152 valence electrons. The third-order valence-corrected chi connectivity index (χ3v) is 5.31. The molecule has 1 aliphatic rings. The van der Waals surface area contributed by atoms with Gasteiger partial charge in [0.25, 0.3) is 11.8 Å². The van der Waals surface area contributed by atoms with Crippen LogP contribution in [0.25, 0.3) is 0 Å². The Morgan fingerprint density at radius 1 is 1.17 bits per heavy atom. The number of amides is 2. The van der Waals surface area contributed by atoms with Gasteiger partial charge < -0.3 is 21.7 Å². The Bertz CT molecular complexity index is 1160. The number of carbonyl (C=O) groups is 2. The summed E-state index contributed by atoms with van der Waals surface area (Å²) >= 11 is 6.18. The zero-order valence-corrected chi connectivity index (χ0v) is 16.9. The third-order valence-electron chi connectivity index (χ3n) is 4.90. The Hall–Kier alpha value is -3.65. The number of carbonyl (C=O) groups excluding carboxylic acids is 2. The molecule has 0 atom stereocenters. The van der Waals surface area contributed by atoms with Gasteiger partial charge in [0.05, 0.1) is 0 Å². The zero-order valence-electron chi connectivity index (χ0n) is 16.1. The van der Waals surface area contributed by atoms with Crippen molar-refractivity contribution in [2.24, 2.45) is 5.73 Å². The van der Waals surface area contributed by atoms with Crippen LogP contribution in [0.5, 0.6) is 0 Å².